The van der Waals surface area contributed by atoms with Crippen molar-refractivity contribution in [1.82, 2.24) is 0 Å². The molecule has 0 N–H and O–H groups in total. The smallest absolute Gasteiger partial charge is 0.0640 e. The zero-order valence-corrected chi connectivity index (χ0v) is 20.5. The van der Waals surface area contributed by atoms with Gasteiger partial charge in [-0.2, -0.15) is 0 Å². The van der Waals surface area contributed by atoms with Crippen molar-refractivity contribution in [3.8, 4) is 11.1 Å². The van der Waals surface area contributed by atoms with Crippen molar-refractivity contribution in [2.24, 2.45) is 0 Å². The first-order valence-corrected chi connectivity index (χ1v) is 13.0. The van der Waals surface area contributed by atoms with Crippen LogP contribution in [-0.4, -0.2) is 0 Å². The summed E-state index contributed by atoms with van der Waals surface area (Å²) in [6.07, 6.45) is 0. The maximum atomic E-state index is 2.43. The molecular weight excluding hydrogens is 454 g/mol. The van der Waals surface area contributed by atoms with Crippen LogP contribution in [0.2, 0.25) is 0 Å². The first-order chi connectivity index (χ1) is 17.9. The third-order valence-corrected chi connectivity index (χ3v) is 8.07. The number of anilines is 3. The van der Waals surface area contributed by atoms with Crippen LogP contribution in [0.3, 0.4) is 0 Å². The minimum absolute atomic E-state index is 1.15. The summed E-state index contributed by atoms with van der Waals surface area (Å²) in [5.41, 5.74) is 5.99. The highest BCUT2D eigenvalue weighted by atomic mass is 32.1. The van der Waals surface area contributed by atoms with Gasteiger partial charge in [-0.1, -0.05) is 109 Å². The zero-order chi connectivity index (χ0) is 23.9. The van der Waals surface area contributed by atoms with Crippen LogP contribution in [-0.2, 0) is 0 Å². The molecule has 1 aromatic heterocycles. The van der Waals surface area contributed by atoms with Gasteiger partial charge in [0.15, 0.2) is 0 Å². The lowest BCUT2D eigenvalue weighted by Gasteiger charge is -2.27. The number of fused-ring (bicyclic) bond motifs is 4. The molecule has 0 saturated carbocycles. The van der Waals surface area contributed by atoms with Crippen LogP contribution in [0, 0.1) is 0 Å². The molecule has 36 heavy (non-hydrogen) atoms. The summed E-state index contributed by atoms with van der Waals surface area (Å²) in [7, 11) is 0. The van der Waals surface area contributed by atoms with Gasteiger partial charge in [-0.15, -0.1) is 11.3 Å². The molecule has 2 heteroatoms. The van der Waals surface area contributed by atoms with E-state index < -0.39 is 0 Å². The minimum atomic E-state index is 1.15. The molecule has 0 aliphatic rings. The Labute approximate surface area is 214 Å². The third kappa shape index (κ3) is 3.46. The molecule has 0 atom stereocenters. The van der Waals surface area contributed by atoms with E-state index in [-0.39, 0.29) is 0 Å². The van der Waals surface area contributed by atoms with E-state index in [0.717, 1.165) is 5.69 Å². The average molecular weight is 478 g/mol. The Hall–Kier alpha value is -4.40. The second kappa shape index (κ2) is 8.67. The van der Waals surface area contributed by atoms with E-state index in [9.17, 15) is 0 Å². The van der Waals surface area contributed by atoms with E-state index in [1.54, 1.807) is 0 Å². The fraction of sp³-hybridized carbons (Fsp3) is 0. The van der Waals surface area contributed by atoms with Crippen LogP contribution in [0.25, 0.3) is 42.1 Å². The molecule has 0 unspecified atom stereocenters. The first kappa shape index (κ1) is 20.9. The molecule has 0 fully saturated rings. The van der Waals surface area contributed by atoms with Crippen molar-refractivity contribution in [3.63, 3.8) is 0 Å². The lowest BCUT2D eigenvalue weighted by molar-refractivity contribution is 1.32. The van der Waals surface area contributed by atoms with Gasteiger partial charge in [0, 0.05) is 26.5 Å². The second-order valence-corrected chi connectivity index (χ2v) is 10.1. The van der Waals surface area contributed by atoms with Gasteiger partial charge in [0.25, 0.3) is 0 Å². The summed E-state index contributed by atoms with van der Waals surface area (Å²) in [5.74, 6) is 0. The molecule has 0 radical (unpaired) electrons. The van der Waals surface area contributed by atoms with E-state index in [0.29, 0.717) is 0 Å². The average Bonchev–Trinajstić information content (AvgIpc) is 3.34. The quantitative estimate of drug-likeness (QED) is 0.244. The molecule has 1 heterocycles. The van der Waals surface area contributed by atoms with Gasteiger partial charge < -0.3 is 4.90 Å². The summed E-state index contributed by atoms with van der Waals surface area (Å²) in [5, 5.41) is 5.10. The van der Waals surface area contributed by atoms with Gasteiger partial charge in [-0.25, -0.2) is 0 Å². The van der Waals surface area contributed by atoms with E-state index in [1.165, 1.54) is 53.4 Å². The molecular formula is C34H23NS. The highest BCUT2D eigenvalue weighted by molar-refractivity contribution is 7.26. The van der Waals surface area contributed by atoms with Crippen molar-refractivity contribution in [2.75, 3.05) is 4.90 Å². The fourth-order valence-electron chi connectivity index (χ4n) is 5.15. The van der Waals surface area contributed by atoms with Gasteiger partial charge in [0.1, 0.15) is 0 Å². The van der Waals surface area contributed by atoms with Crippen LogP contribution < -0.4 is 4.90 Å². The maximum Gasteiger partial charge on any atom is 0.0640 e. The van der Waals surface area contributed by atoms with Gasteiger partial charge in [0.2, 0.25) is 0 Å². The SMILES string of the molecule is c1ccc(-c2ccc(N(c3cccc4ccccc34)c3cccc4c3sc3ccccc34)cc2)cc1. The lowest BCUT2D eigenvalue weighted by Crippen LogP contribution is -2.10. The summed E-state index contributed by atoms with van der Waals surface area (Å²) in [4.78, 5) is 2.43. The Balaban J connectivity index is 1.49. The number of thiophene rings is 1. The molecule has 0 spiro atoms. The summed E-state index contributed by atoms with van der Waals surface area (Å²) < 4.78 is 2.62. The molecule has 6 aromatic carbocycles. The topological polar surface area (TPSA) is 3.24 Å². The Bertz CT molecular complexity index is 1830. The largest absolute Gasteiger partial charge is 0.308 e. The molecule has 0 amide bonds. The Morgan fingerprint density at radius 3 is 1.89 bits per heavy atom. The van der Waals surface area contributed by atoms with Crippen LogP contribution >= 0.6 is 11.3 Å². The van der Waals surface area contributed by atoms with Crippen molar-refractivity contribution < 1.29 is 0 Å². The predicted molar refractivity (Wildman–Crippen MR) is 157 cm³/mol. The summed E-state index contributed by atoms with van der Waals surface area (Å²) >= 11 is 1.87. The predicted octanol–water partition coefficient (Wildman–Crippen LogP) is 10.3. The Kier molecular flexibility index (Phi) is 5.04. The number of hydrogen-bond acceptors (Lipinski definition) is 2. The van der Waals surface area contributed by atoms with E-state index in [2.05, 4.69) is 144 Å². The molecule has 7 aromatic rings. The molecule has 170 valence electrons. The van der Waals surface area contributed by atoms with E-state index >= 15 is 0 Å². The lowest BCUT2D eigenvalue weighted by atomic mass is 10.0. The van der Waals surface area contributed by atoms with Crippen LogP contribution in [0.4, 0.5) is 17.1 Å². The van der Waals surface area contributed by atoms with Crippen molar-refractivity contribution in [2.45, 2.75) is 0 Å². The van der Waals surface area contributed by atoms with Crippen molar-refractivity contribution in [3.05, 3.63) is 140 Å². The standard InChI is InChI=1S/C34H23NS/c1-2-10-24(11-3-1)25-20-22-27(23-21-25)35(31-17-8-13-26-12-4-5-14-28(26)31)32-18-9-16-30-29-15-6-7-19-33(29)36-34(30)32/h1-23H. The van der Waals surface area contributed by atoms with E-state index in [4.69, 9.17) is 0 Å². The van der Waals surface area contributed by atoms with Crippen molar-refractivity contribution in [1.29, 1.82) is 0 Å². The number of rotatable bonds is 4. The molecule has 0 bridgehead atoms. The number of benzene rings is 6. The van der Waals surface area contributed by atoms with Crippen LogP contribution in [0.5, 0.6) is 0 Å². The molecule has 0 aliphatic heterocycles. The maximum absolute atomic E-state index is 2.43. The Morgan fingerprint density at radius 2 is 1.03 bits per heavy atom. The third-order valence-electron chi connectivity index (χ3n) is 6.86. The first-order valence-electron chi connectivity index (χ1n) is 12.2. The molecule has 0 aliphatic carbocycles. The minimum Gasteiger partial charge on any atom is -0.308 e. The Morgan fingerprint density at radius 1 is 0.417 bits per heavy atom. The highest BCUT2D eigenvalue weighted by Gasteiger charge is 2.19. The van der Waals surface area contributed by atoms with Crippen LogP contribution in [0.15, 0.2) is 140 Å². The number of nitrogens with zero attached hydrogens (tertiary/aromatic N) is 1. The molecule has 1 nitrogen and oxygen atoms in total. The van der Waals surface area contributed by atoms with Gasteiger partial charge in [-0.05, 0) is 46.8 Å². The van der Waals surface area contributed by atoms with Gasteiger partial charge in [0.05, 0.1) is 16.1 Å². The monoisotopic (exact) mass is 477 g/mol. The number of hydrogen-bond donors (Lipinski definition) is 0. The van der Waals surface area contributed by atoms with Crippen molar-refractivity contribution >= 4 is 59.3 Å². The summed E-state index contributed by atoms with van der Waals surface area (Å²) in [6.45, 7) is 0. The van der Waals surface area contributed by atoms with Gasteiger partial charge >= 0.3 is 0 Å². The second-order valence-electron chi connectivity index (χ2n) is 9.00. The highest BCUT2D eigenvalue weighted by Crippen LogP contribution is 2.46. The van der Waals surface area contributed by atoms with Crippen LogP contribution in [0.1, 0.15) is 0 Å². The summed E-state index contributed by atoms with van der Waals surface area (Å²) in [6, 6.07) is 50.2. The van der Waals surface area contributed by atoms with E-state index in [1.807, 2.05) is 11.3 Å². The fourth-order valence-corrected chi connectivity index (χ4v) is 6.36. The normalized spacial score (nSPS) is 11.3. The van der Waals surface area contributed by atoms with Gasteiger partial charge in [-0.3, -0.25) is 0 Å². The molecule has 0 saturated heterocycles. The molecule has 7 rings (SSSR count). The zero-order valence-electron chi connectivity index (χ0n) is 19.6.